The summed E-state index contributed by atoms with van der Waals surface area (Å²) >= 11 is 0.407. The zero-order valence-corrected chi connectivity index (χ0v) is 12.1. The molecule has 3 rings (SSSR count). The Bertz CT molecular complexity index is 654. The number of likely N-dealkylation sites (tertiary alicyclic amines) is 1. The number of nitrogens with one attached hydrogen (secondary N) is 1. The van der Waals surface area contributed by atoms with Crippen molar-refractivity contribution in [3.8, 4) is 0 Å². The molecule has 1 saturated heterocycles. The van der Waals surface area contributed by atoms with Crippen LogP contribution in [0.25, 0.3) is 0 Å². The Morgan fingerprint density at radius 1 is 1.50 bits per heavy atom. The number of hydrogen-bond acceptors (Lipinski definition) is 4. The lowest BCUT2D eigenvalue weighted by Gasteiger charge is -2.22. The molecule has 5 nitrogen and oxygen atoms in total. The van der Waals surface area contributed by atoms with Gasteiger partial charge in [-0.3, -0.25) is 5.32 Å². The van der Waals surface area contributed by atoms with E-state index < -0.39 is 17.1 Å². The number of amides is 2. The van der Waals surface area contributed by atoms with E-state index in [1.807, 2.05) is 0 Å². The molecular formula is C13H12F3N3O2S. The van der Waals surface area contributed by atoms with E-state index in [4.69, 9.17) is 4.42 Å². The van der Waals surface area contributed by atoms with Gasteiger partial charge in [0.05, 0.1) is 18.5 Å². The third-order valence-electron chi connectivity index (χ3n) is 3.38. The van der Waals surface area contributed by atoms with Gasteiger partial charge in [0, 0.05) is 6.54 Å². The van der Waals surface area contributed by atoms with Crippen LogP contribution < -0.4 is 5.32 Å². The van der Waals surface area contributed by atoms with Gasteiger partial charge in [0.2, 0.25) is 0 Å². The predicted molar refractivity (Wildman–Crippen MR) is 73.5 cm³/mol. The average Bonchev–Trinajstić information content (AvgIpc) is 3.18. The van der Waals surface area contributed by atoms with E-state index in [2.05, 4.69) is 10.3 Å². The molecule has 0 unspecified atom stereocenters. The van der Waals surface area contributed by atoms with Crippen LogP contribution in [0.4, 0.5) is 23.1 Å². The van der Waals surface area contributed by atoms with Crippen molar-refractivity contribution >= 4 is 22.5 Å². The molecule has 2 amide bonds. The molecule has 0 bridgehead atoms. The predicted octanol–water partition coefficient (Wildman–Crippen LogP) is 4.12. The maximum atomic E-state index is 12.5. The van der Waals surface area contributed by atoms with E-state index in [-0.39, 0.29) is 11.2 Å². The van der Waals surface area contributed by atoms with Crippen LogP contribution in [0.15, 0.2) is 29.0 Å². The van der Waals surface area contributed by atoms with E-state index in [1.165, 1.54) is 6.26 Å². The molecule has 0 aromatic carbocycles. The minimum absolute atomic E-state index is 0.0672. The molecule has 22 heavy (non-hydrogen) atoms. The second-order valence-electron chi connectivity index (χ2n) is 4.82. The molecule has 9 heteroatoms. The Balaban J connectivity index is 1.70. The van der Waals surface area contributed by atoms with Crippen LogP contribution in [0.5, 0.6) is 0 Å². The first-order chi connectivity index (χ1) is 10.4. The van der Waals surface area contributed by atoms with E-state index >= 15 is 0 Å². The summed E-state index contributed by atoms with van der Waals surface area (Å²) in [5.41, 5.74) is 0. The summed E-state index contributed by atoms with van der Waals surface area (Å²) < 4.78 is 42.9. The normalized spacial score (nSPS) is 18.7. The lowest BCUT2D eigenvalue weighted by atomic mass is 10.2. The molecule has 0 saturated carbocycles. The third kappa shape index (κ3) is 2.94. The third-order valence-corrected chi connectivity index (χ3v) is 4.34. The molecule has 2 aromatic heterocycles. The van der Waals surface area contributed by atoms with Crippen LogP contribution in [0.2, 0.25) is 0 Å². The zero-order valence-electron chi connectivity index (χ0n) is 11.3. The van der Waals surface area contributed by atoms with Crippen molar-refractivity contribution in [2.24, 2.45) is 0 Å². The van der Waals surface area contributed by atoms with E-state index in [9.17, 15) is 18.0 Å². The van der Waals surface area contributed by atoms with Crippen molar-refractivity contribution in [1.29, 1.82) is 0 Å². The first-order valence-corrected chi connectivity index (χ1v) is 7.41. The smallest absolute Gasteiger partial charge is 0.427 e. The maximum Gasteiger partial charge on any atom is 0.427 e. The number of aromatic nitrogens is 1. The molecule has 1 atom stereocenters. The highest BCUT2D eigenvalue weighted by Crippen LogP contribution is 2.36. The number of alkyl halides is 3. The Kier molecular flexibility index (Phi) is 3.81. The maximum absolute atomic E-state index is 12.5. The number of furan rings is 1. The first-order valence-electron chi connectivity index (χ1n) is 6.59. The van der Waals surface area contributed by atoms with Gasteiger partial charge in [0.25, 0.3) is 0 Å². The van der Waals surface area contributed by atoms with Gasteiger partial charge in [0.15, 0.2) is 5.13 Å². The van der Waals surface area contributed by atoms with Crippen LogP contribution in [-0.4, -0.2) is 22.5 Å². The van der Waals surface area contributed by atoms with Gasteiger partial charge >= 0.3 is 12.2 Å². The van der Waals surface area contributed by atoms with Gasteiger partial charge in [-0.1, -0.05) is 11.3 Å². The summed E-state index contributed by atoms with van der Waals surface area (Å²) in [6.45, 7) is 0.523. The summed E-state index contributed by atoms with van der Waals surface area (Å²) in [6, 6.07) is 2.85. The summed E-state index contributed by atoms with van der Waals surface area (Å²) in [5.74, 6) is 0.669. The van der Waals surface area contributed by atoms with Gasteiger partial charge in [-0.25, -0.2) is 9.78 Å². The number of thiazole rings is 1. The van der Waals surface area contributed by atoms with Crippen LogP contribution in [-0.2, 0) is 6.18 Å². The SMILES string of the molecule is O=C(Nc1ncc(C(F)(F)F)s1)N1CCC[C@@H]1c1ccco1. The second kappa shape index (κ2) is 5.64. The molecule has 1 aliphatic heterocycles. The molecule has 0 radical (unpaired) electrons. The topological polar surface area (TPSA) is 58.4 Å². The number of nitrogens with zero attached hydrogens (tertiary/aromatic N) is 2. The van der Waals surface area contributed by atoms with E-state index in [0.717, 1.165) is 12.8 Å². The van der Waals surface area contributed by atoms with Crippen molar-refractivity contribution in [1.82, 2.24) is 9.88 Å². The zero-order chi connectivity index (χ0) is 15.7. The highest BCUT2D eigenvalue weighted by atomic mass is 32.1. The monoisotopic (exact) mass is 331 g/mol. The average molecular weight is 331 g/mol. The quantitative estimate of drug-likeness (QED) is 0.900. The summed E-state index contributed by atoms with van der Waals surface area (Å²) in [4.78, 5) is 16.5. The molecule has 1 fully saturated rings. The molecule has 1 N–H and O–H groups in total. The van der Waals surface area contributed by atoms with Crippen LogP contribution >= 0.6 is 11.3 Å². The standard InChI is InChI=1S/C13H12F3N3O2S/c14-13(15,16)10-7-17-11(22-10)18-12(20)19-5-1-3-8(19)9-4-2-6-21-9/h2,4,6-8H,1,3,5H2,(H,17,18,20)/t8-/m1/s1. The van der Waals surface area contributed by atoms with E-state index in [1.54, 1.807) is 17.0 Å². The molecule has 3 heterocycles. The molecule has 2 aromatic rings. The second-order valence-corrected chi connectivity index (χ2v) is 5.86. The van der Waals surface area contributed by atoms with Crippen molar-refractivity contribution in [2.75, 3.05) is 11.9 Å². The van der Waals surface area contributed by atoms with Crippen LogP contribution in [0, 0.1) is 0 Å². The number of urea groups is 1. The number of rotatable bonds is 2. The summed E-state index contributed by atoms with van der Waals surface area (Å²) in [6.07, 6.45) is -0.642. The lowest BCUT2D eigenvalue weighted by molar-refractivity contribution is -0.134. The van der Waals surface area contributed by atoms with E-state index in [0.29, 0.717) is 29.8 Å². The number of anilines is 1. The number of carbonyl (C=O) groups excluding carboxylic acids is 1. The molecular weight excluding hydrogens is 319 g/mol. The molecule has 0 aliphatic carbocycles. The van der Waals surface area contributed by atoms with Gasteiger partial charge in [0.1, 0.15) is 10.6 Å². The highest BCUT2D eigenvalue weighted by Gasteiger charge is 2.35. The fourth-order valence-corrected chi connectivity index (χ4v) is 3.09. The highest BCUT2D eigenvalue weighted by molar-refractivity contribution is 7.15. The number of hydrogen-bond donors (Lipinski definition) is 1. The van der Waals surface area contributed by atoms with Crippen molar-refractivity contribution in [3.63, 3.8) is 0 Å². The Morgan fingerprint density at radius 3 is 2.95 bits per heavy atom. The number of carbonyl (C=O) groups is 1. The Morgan fingerprint density at radius 2 is 2.32 bits per heavy atom. The van der Waals surface area contributed by atoms with Crippen LogP contribution in [0.1, 0.15) is 29.5 Å². The van der Waals surface area contributed by atoms with Gasteiger partial charge < -0.3 is 9.32 Å². The molecule has 1 aliphatic rings. The number of halogens is 3. The fraction of sp³-hybridized carbons (Fsp3) is 0.385. The molecule has 0 spiro atoms. The van der Waals surface area contributed by atoms with Gasteiger partial charge in [-0.2, -0.15) is 13.2 Å². The van der Waals surface area contributed by atoms with Crippen molar-refractivity contribution < 1.29 is 22.4 Å². The lowest BCUT2D eigenvalue weighted by Crippen LogP contribution is -2.34. The molecule has 118 valence electrons. The minimum atomic E-state index is -4.45. The van der Waals surface area contributed by atoms with Gasteiger partial charge in [-0.05, 0) is 25.0 Å². The summed E-state index contributed by atoms with van der Waals surface area (Å²) in [5, 5.41) is 2.35. The Labute approximate surface area is 127 Å². The van der Waals surface area contributed by atoms with Gasteiger partial charge in [-0.15, -0.1) is 0 Å². The minimum Gasteiger partial charge on any atom is -0.467 e. The summed E-state index contributed by atoms with van der Waals surface area (Å²) in [7, 11) is 0. The first kappa shape index (κ1) is 14.9. The van der Waals surface area contributed by atoms with Crippen molar-refractivity contribution in [2.45, 2.75) is 25.1 Å². The largest absolute Gasteiger partial charge is 0.467 e. The fourth-order valence-electron chi connectivity index (χ4n) is 2.41. The van der Waals surface area contributed by atoms with Crippen LogP contribution in [0.3, 0.4) is 0 Å². The Hall–Kier alpha value is -2.03. The van der Waals surface area contributed by atoms with Crippen molar-refractivity contribution in [3.05, 3.63) is 35.2 Å².